The molecule has 36 heavy (non-hydrogen) atoms. The smallest absolute Gasteiger partial charge is 0.161 e. The van der Waals surface area contributed by atoms with Crippen molar-refractivity contribution >= 4 is 17.3 Å². The number of hydrogen-bond acceptors (Lipinski definition) is 7. The first kappa shape index (κ1) is 22.1. The average molecular weight is 476 g/mol. The molecule has 0 amide bonds. The number of nitrogens with zero attached hydrogens (tertiary/aromatic N) is 4. The maximum atomic E-state index is 13.9. The van der Waals surface area contributed by atoms with Crippen molar-refractivity contribution in [3.05, 3.63) is 82.3 Å². The number of nitriles is 2. The molecule has 0 saturated carbocycles. The first-order valence-corrected chi connectivity index (χ1v) is 12.0. The van der Waals surface area contributed by atoms with Crippen LogP contribution in [0.2, 0.25) is 0 Å². The van der Waals surface area contributed by atoms with Crippen LogP contribution >= 0.6 is 0 Å². The maximum absolute atomic E-state index is 13.9. The molecule has 2 aromatic rings. The van der Waals surface area contributed by atoms with Crippen molar-refractivity contribution in [2.75, 3.05) is 12.0 Å². The number of benzene rings is 2. The molecule has 0 spiro atoms. The summed E-state index contributed by atoms with van der Waals surface area (Å²) in [6.07, 6.45) is 1.03. The molecule has 6 rings (SSSR count). The van der Waals surface area contributed by atoms with Crippen molar-refractivity contribution < 1.29 is 9.53 Å². The molecule has 3 atom stereocenters. The van der Waals surface area contributed by atoms with Gasteiger partial charge in [0.2, 0.25) is 0 Å². The molecule has 7 heteroatoms. The zero-order valence-corrected chi connectivity index (χ0v) is 20.4. The van der Waals surface area contributed by atoms with Gasteiger partial charge in [-0.1, -0.05) is 38.1 Å². The second-order valence-electron chi connectivity index (χ2n) is 10.7. The SMILES string of the molecule is COc1ccc(N2C3=NC(N)=C(C#N)[C@H]4c5ccccc5[C@@H](C5=C2CC(C)(C)CC5=O)[C@@]34C#N)cc1. The van der Waals surface area contributed by atoms with E-state index >= 15 is 0 Å². The van der Waals surface area contributed by atoms with Crippen LogP contribution in [0.1, 0.15) is 49.7 Å². The Balaban J connectivity index is 1.75. The van der Waals surface area contributed by atoms with Gasteiger partial charge in [-0.15, -0.1) is 0 Å². The fraction of sp³-hybridized carbons (Fsp3) is 0.310. The number of allylic oxidation sites excluding steroid dienone is 3. The van der Waals surface area contributed by atoms with Crippen molar-refractivity contribution in [1.29, 1.82) is 10.5 Å². The lowest BCUT2D eigenvalue weighted by Crippen LogP contribution is -2.56. The predicted octanol–water partition coefficient (Wildman–Crippen LogP) is 4.66. The van der Waals surface area contributed by atoms with Crippen LogP contribution in [-0.2, 0) is 4.79 Å². The Morgan fingerprint density at radius 3 is 2.33 bits per heavy atom. The van der Waals surface area contributed by atoms with Crippen LogP contribution in [0.5, 0.6) is 5.75 Å². The summed E-state index contributed by atoms with van der Waals surface area (Å²) < 4.78 is 5.36. The number of methoxy groups -OCH3 is 1. The normalized spacial score (nSPS) is 27.4. The zero-order valence-electron chi connectivity index (χ0n) is 20.4. The van der Waals surface area contributed by atoms with E-state index in [1.807, 2.05) is 53.4 Å². The van der Waals surface area contributed by atoms with E-state index in [2.05, 4.69) is 26.0 Å². The van der Waals surface area contributed by atoms with Crippen LogP contribution < -0.4 is 15.4 Å². The second-order valence-corrected chi connectivity index (χ2v) is 10.7. The van der Waals surface area contributed by atoms with Crippen LogP contribution in [-0.4, -0.2) is 18.7 Å². The van der Waals surface area contributed by atoms with Crippen LogP contribution in [0, 0.1) is 33.5 Å². The number of carbonyl (C=O) groups is 1. The number of ether oxygens (including phenoxy) is 1. The summed E-state index contributed by atoms with van der Waals surface area (Å²) in [6, 6.07) is 20.1. The Morgan fingerprint density at radius 2 is 1.72 bits per heavy atom. The fourth-order valence-electron chi connectivity index (χ4n) is 6.64. The van der Waals surface area contributed by atoms with Crippen LogP contribution in [0.25, 0.3) is 0 Å². The van der Waals surface area contributed by atoms with E-state index in [1.165, 1.54) is 0 Å². The maximum Gasteiger partial charge on any atom is 0.161 e. The first-order valence-electron chi connectivity index (χ1n) is 12.0. The van der Waals surface area contributed by atoms with E-state index in [9.17, 15) is 15.3 Å². The lowest BCUT2D eigenvalue weighted by atomic mass is 9.58. The molecular weight excluding hydrogens is 450 g/mol. The van der Waals surface area contributed by atoms with Gasteiger partial charge in [0.15, 0.2) is 5.78 Å². The largest absolute Gasteiger partial charge is 0.497 e. The molecule has 2 heterocycles. The molecule has 2 aromatic carbocycles. The van der Waals surface area contributed by atoms with Gasteiger partial charge in [0.25, 0.3) is 0 Å². The lowest BCUT2D eigenvalue weighted by molar-refractivity contribution is -0.118. The molecular formula is C29H25N5O2. The number of nitrogens with two attached hydrogens (primary N) is 1. The Morgan fingerprint density at radius 1 is 1.06 bits per heavy atom. The minimum absolute atomic E-state index is 0.0370. The number of hydrogen-bond donors (Lipinski definition) is 1. The Labute approximate surface area is 209 Å². The third-order valence-electron chi connectivity index (χ3n) is 7.99. The van der Waals surface area contributed by atoms with Gasteiger partial charge in [-0.2, -0.15) is 10.5 Å². The van der Waals surface area contributed by atoms with Crippen molar-refractivity contribution in [1.82, 2.24) is 0 Å². The van der Waals surface area contributed by atoms with E-state index in [0.29, 0.717) is 30.0 Å². The molecule has 2 aliphatic heterocycles. The van der Waals surface area contributed by atoms with Crippen LogP contribution in [0.4, 0.5) is 5.69 Å². The quantitative estimate of drug-likeness (QED) is 0.676. The number of amidine groups is 1. The van der Waals surface area contributed by atoms with Gasteiger partial charge in [-0.05, 0) is 47.2 Å². The van der Waals surface area contributed by atoms with Gasteiger partial charge in [-0.25, -0.2) is 4.99 Å². The number of fused-ring (bicyclic) bond motifs is 4. The molecule has 0 aromatic heterocycles. The van der Waals surface area contributed by atoms with E-state index in [0.717, 1.165) is 22.5 Å². The summed E-state index contributed by atoms with van der Waals surface area (Å²) in [4.78, 5) is 20.6. The van der Waals surface area contributed by atoms with Crippen LogP contribution in [0.3, 0.4) is 0 Å². The Bertz CT molecular complexity index is 1520. The molecule has 0 radical (unpaired) electrons. The summed E-state index contributed by atoms with van der Waals surface area (Å²) >= 11 is 0. The third kappa shape index (κ3) is 2.66. The highest BCUT2D eigenvalue weighted by Gasteiger charge is 2.67. The van der Waals surface area contributed by atoms with Gasteiger partial charge in [-0.3, -0.25) is 4.79 Å². The minimum Gasteiger partial charge on any atom is -0.497 e. The van der Waals surface area contributed by atoms with E-state index in [1.54, 1.807) is 7.11 Å². The summed E-state index contributed by atoms with van der Waals surface area (Å²) in [5, 5.41) is 21.1. The molecule has 0 bridgehead atoms. The van der Waals surface area contributed by atoms with E-state index in [-0.39, 0.29) is 22.6 Å². The molecule has 178 valence electrons. The summed E-state index contributed by atoms with van der Waals surface area (Å²) in [7, 11) is 1.61. The van der Waals surface area contributed by atoms with E-state index in [4.69, 9.17) is 15.5 Å². The lowest BCUT2D eigenvalue weighted by Gasteiger charge is -2.51. The minimum atomic E-state index is -1.27. The van der Waals surface area contributed by atoms with Crippen LogP contribution in [0.15, 0.2) is 76.2 Å². The molecule has 0 unspecified atom stereocenters. The monoisotopic (exact) mass is 475 g/mol. The zero-order chi connectivity index (χ0) is 25.4. The number of Topliss-reactive ketones (excluding diaryl/α,β-unsaturated/α-hetero) is 1. The number of ketones is 1. The van der Waals surface area contributed by atoms with Crippen molar-refractivity contribution in [3.63, 3.8) is 0 Å². The van der Waals surface area contributed by atoms with Gasteiger partial charge >= 0.3 is 0 Å². The summed E-state index contributed by atoms with van der Waals surface area (Å²) in [6.45, 7) is 4.17. The number of aliphatic imine (C=N–C) groups is 1. The highest BCUT2D eigenvalue weighted by molar-refractivity contribution is 6.16. The van der Waals surface area contributed by atoms with Crippen molar-refractivity contribution in [3.8, 4) is 17.9 Å². The molecule has 0 fully saturated rings. The molecule has 4 aliphatic rings. The van der Waals surface area contributed by atoms with Gasteiger partial charge in [0.05, 0.1) is 24.8 Å². The average Bonchev–Trinajstić information content (AvgIpc) is 3.15. The van der Waals surface area contributed by atoms with E-state index < -0.39 is 17.3 Å². The number of anilines is 1. The fourth-order valence-corrected chi connectivity index (χ4v) is 6.64. The molecule has 0 saturated heterocycles. The third-order valence-corrected chi connectivity index (χ3v) is 7.99. The number of carbonyl (C=O) groups excluding carboxylic acids is 1. The molecule has 2 aliphatic carbocycles. The predicted molar refractivity (Wildman–Crippen MR) is 135 cm³/mol. The summed E-state index contributed by atoms with van der Waals surface area (Å²) in [5.41, 5.74) is 9.18. The van der Waals surface area contributed by atoms with Gasteiger partial charge < -0.3 is 15.4 Å². The Hall–Kier alpha value is -4.36. The molecule has 7 nitrogen and oxygen atoms in total. The van der Waals surface area contributed by atoms with Gasteiger partial charge in [0.1, 0.15) is 22.8 Å². The van der Waals surface area contributed by atoms with Crippen molar-refractivity contribution in [2.24, 2.45) is 21.6 Å². The highest BCUT2D eigenvalue weighted by Crippen LogP contribution is 2.67. The topological polar surface area (TPSA) is 115 Å². The number of rotatable bonds is 2. The van der Waals surface area contributed by atoms with Gasteiger partial charge in [0, 0.05) is 35.2 Å². The highest BCUT2D eigenvalue weighted by atomic mass is 16.5. The molecule has 2 N–H and O–H groups in total. The standard InChI is InChI=1S/C29H25N5O2/c1-28(2)12-21-23(22(35)13-28)25-19-7-5-4-6-18(19)24-20(14-30)26(32)33-27(29(24,25)15-31)34(21)16-8-10-17(36-3)11-9-16/h4-11,24-25H,12-13,32H2,1-3H3/t24-,25+,29+/m1/s1. The Kier molecular flexibility index (Phi) is 4.50. The van der Waals surface area contributed by atoms with Crippen molar-refractivity contribution in [2.45, 2.75) is 38.5 Å². The second kappa shape index (κ2) is 7.32. The summed E-state index contributed by atoms with van der Waals surface area (Å²) in [5.74, 6) is 0.186. The first-order chi connectivity index (χ1) is 17.3.